The first-order valence-corrected chi connectivity index (χ1v) is 9.39. The van der Waals surface area contributed by atoms with Crippen LogP contribution < -0.4 is 5.32 Å². The minimum atomic E-state index is -3.24. The minimum absolute atomic E-state index is 0.219. The third-order valence-electron chi connectivity index (χ3n) is 3.96. The number of sulfone groups is 1. The zero-order chi connectivity index (χ0) is 16.4. The fourth-order valence-electron chi connectivity index (χ4n) is 2.68. The molecule has 0 atom stereocenters. The maximum Gasteiger partial charge on any atom is 0.273 e. The first-order chi connectivity index (χ1) is 10.9. The zero-order valence-electron chi connectivity index (χ0n) is 12.8. The topological polar surface area (TPSA) is 89.3 Å². The van der Waals surface area contributed by atoms with E-state index in [4.69, 9.17) is 4.42 Å². The SMILES string of the molecule is CS(=O)(=O)c1ccc(-c2nc(C(=O)NC3CCCC3)co2)cc1. The summed E-state index contributed by atoms with van der Waals surface area (Å²) in [6.45, 7) is 0. The molecule has 3 rings (SSSR count). The molecular formula is C16H18N2O4S. The number of rotatable bonds is 4. The van der Waals surface area contributed by atoms with Crippen molar-refractivity contribution >= 4 is 15.7 Å². The van der Waals surface area contributed by atoms with Gasteiger partial charge in [0.15, 0.2) is 15.5 Å². The largest absolute Gasteiger partial charge is 0.444 e. The van der Waals surface area contributed by atoms with E-state index in [2.05, 4.69) is 10.3 Å². The number of benzene rings is 1. The molecule has 23 heavy (non-hydrogen) atoms. The number of nitrogens with zero attached hydrogens (tertiary/aromatic N) is 1. The average Bonchev–Trinajstić information content (AvgIpc) is 3.17. The number of nitrogens with one attached hydrogen (secondary N) is 1. The average molecular weight is 334 g/mol. The van der Waals surface area contributed by atoms with Gasteiger partial charge in [-0.25, -0.2) is 13.4 Å². The molecule has 0 spiro atoms. The van der Waals surface area contributed by atoms with Crippen LogP contribution in [0, 0.1) is 0 Å². The number of oxazole rings is 1. The molecule has 1 N–H and O–H groups in total. The summed E-state index contributed by atoms with van der Waals surface area (Å²) in [6.07, 6.45) is 6.76. The molecule has 7 heteroatoms. The summed E-state index contributed by atoms with van der Waals surface area (Å²) in [4.78, 5) is 16.5. The molecule has 1 aliphatic carbocycles. The van der Waals surface area contributed by atoms with Gasteiger partial charge in [0.1, 0.15) is 6.26 Å². The van der Waals surface area contributed by atoms with E-state index >= 15 is 0 Å². The van der Waals surface area contributed by atoms with Crippen LogP contribution >= 0.6 is 0 Å². The molecule has 2 aromatic rings. The van der Waals surface area contributed by atoms with Crippen LogP contribution in [0.2, 0.25) is 0 Å². The van der Waals surface area contributed by atoms with E-state index in [9.17, 15) is 13.2 Å². The highest BCUT2D eigenvalue weighted by Gasteiger charge is 2.20. The summed E-state index contributed by atoms with van der Waals surface area (Å²) < 4.78 is 28.2. The first-order valence-electron chi connectivity index (χ1n) is 7.50. The van der Waals surface area contributed by atoms with E-state index in [-0.39, 0.29) is 22.5 Å². The van der Waals surface area contributed by atoms with Crippen molar-refractivity contribution in [2.75, 3.05) is 6.26 Å². The van der Waals surface area contributed by atoms with Crippen LogP contribution in [-0.4, -0.2) is 31.6 Å². The lowest BCUT2D eigenvalue weighted by molar-refractivity contribution is 0.0933. The Labute approximate surface area is 134 Å². The summed E-state index contributed by atoms with van der Waals surface area (Å²) in [6, 6.07) is 6.43. The fraction of sp³-hybridized carbons (Fsp3) is 0.375. The molecule has 1 fully saturated rings. The third-order valence-corrected chi connectivity index (χ3v) is 5.09. The van der Waals surface area contributed by atoms with Gasteiger partial charge in [-0.1, -0.05) is 12.8 Å². The maximum atomic E-state index is 12.1. The van der Waals surface area contributed by atoms with Crippen LogP contribution in [0.1, 0.15) is 36.2 Å². The number of aromatic nitrogens is 1. The monoisotopic (exact) mass is 334 g/mol. The highest BCUT2D eigenvalue weighted by atomic mass is 32.2. The third kappa shape index (κ3) is 3.61. The van der Waals surface area contributed by atoms with Gasteiger partial charge in [0.25, 0.3) is 5.91 Å². The van der Waals surface area contributed by atoms with E-state index in [1.54, 1.807) is 12.1 Å². The van der Waals surface area contributed by atoms with Gasteiger partial charge in [0.05, 0.1) is 4.90 Å². The lowest BCUT2D eigenvalue weighted by Crippen LogP contribution is -2.32. The van der Waals surface area contributed by atoms with Crippen molar-refractivity contribution in [1.29, 1.82) is 0 Å². The lowest BCUT2D eigenvalue weighted by Gasteiger charge is -2.09. The van der Waals surface area contributed by atoms with Crippen molar-refractivity contribution in [1.82, 2.24) is 10.3 Å². The maximum absolute atomic E-state index is 12.1. The van der Waals surface area contributed by atoms with Gasteiger partial charge in [-0.15, -0.1) is 0 Å². The Hall–Kier alpha value is -2.15. The van der Waals surface area contributed by atoms with Crippen molar-refractivity contribution in [3.63, 3.8) is 0 Å². The second-order valence-electron chi connectivity index (χ2n) is 5.79. The molecule has 1 aromatic heterocycles. The van der Waals surface area contributed by atoms with Gasteiger partial charge >= 0.3 is 0 Å². The summed E-state index contributed by atoms with van der Waals surface area (Å²) >= 11 is 0. The van der Waals surface area contributed by atoms with Crippen LogP contribution in [0.3, 0.4) is 0 Å². The zero-order valence-corrected chi connectivity index (χ0v) is 13.6. The van der Waals surface area contributed by atoms with Crippen molar-refractivity contribution in [3.8, 4) is 11.5 Å². The Morgan fingerprint density at radius 2 is 1.87 bits per heavy atom. The first kappa shape index (κ1) is 15.7. The number of hydrogen-bond acceptors (Lipinski definition) is 5. The van der Waals surface area contributed by atoms with Gasteiger partial charge in [0, 0.05) is 17.9 Å². The molecule has 6 nitrogen and oxygen atoms in total. The number of carbonyl (C=O) groups is 1. The molecule has 1 heterocycles. The standard InChI is InChI=1S/C16H18N2O4S/c1-23(20,21)13-8-6-11(7-9-13)16-18-14(10-22-16)15(19)17-12-4-2-3-5-12/h6-10,12H,2-5H2,1H3,(H,17,19). The van der Waals surface area contributed by atoms with Crippen molar-refractivity contribution in [2.45, 2.75) is 36.6 Å². The molecule has 0 saturated heterocycles. The van der Waals surface area contributed by atoms with Crippen molar-refractivity contribution < 1.29 is 17.6 Å². The Bertz CT molecular complexity index is 803. The molecule has 1 saturated carbocycles. The van der Waals surface area contributed by atoms with Gasteiger partial charge in [-0.2, -0.15) is 0 Å². The van der Waals surface area contributed by atoms with Crippen LogP contribution in [-0.2, 0) is 9.84 Å². The van der Waals surface area contributed by atoms with E-state index < -0.39 is 9.84 Å². The number of carbonyl (C=O) groups excluding carboxylic acids is 1. The molecule has 122 valence electrons. The van der Waals surface area contributed by atoms with Gasteiger partial charge in [-0.05, 0) is 37.1 Å². The van der Waals surface area contributed by atoms with Gasteiger partial charge < -0.3 is 9.73 Å². The van der Waals surface area contributed by atoms with E-state index in [1.165, 1.54) is 18.4 Å². The molecule has 1 aliphatic rings. The second-order valence-corrected chi connectivity index (χ2v) is 7.81. The molecule has 0 aliphatic heterocycles. The normalized spacial score (nSPS) is 15.7. The van der Waals surface area contributed by atoms with Crippen LogP contribution in [0.25, 0.3) is 11.5 Å². The number of hydrogen-bond donors (Lipinski definition) is 1. The lowest BCUT2D eigenvalue weighted by atomic mass is 10.2. The summed E-state index contributed by atoms with van der Waals surface area (Å²) in [5.41, 5.74) is 0.858. The van der Waals surface area contributed by atoms with Crippen LogP contribution in [0.15, 0.2) is 39.8 Å². The van der Waals surface area contributed by atoms with E-state index in [0.717, 1.165) is 31.9 Å². The predicted molar refractivity (Wildman–Crippen MR) is 84.8 cm³/mol. The van der Waals surface area contributed by atoms with Crippen LogP contribution in [0.4, 0.5) is 0 Å². The second kappa shape index (κ2) is 6.16. The van der Waals surface area contributed by atoms with Crippen molar-refractivity contribution in [3.05, 3.63) is 36.2 Å². The molecule has 1 amide bonds. The van der Waals surface area contributed by atoms with Crippen LogP contribution in [0.5, 0.6) is 0 Å². The summed E-state index contributed by atoms with van der Waals surface area (Å²) in [7, 11) is -3.24. The fourth-order valence-corrected chi connectivity index (χ4v) is 3.32. The Morgan fingerprint density at radius 3 is 2.48 bits per heavy atom. The molecular weight excluding hydrogens is 316 g/mol. The number of amides is 1. The quantitative estimate of drug-likeness (QED) is 0.927. The predicted octanol–water partition coefficient (Wildman–Crippen LogP) is 2.42. The van der Waals surface area contributed by atoms with E-state index in [0.29, 0.717) is 11.5 Å². The molecule has 0 unspecified atom stereocenters. The van der Waals surface area contributed by atoms with Gasteiger partial charge in [-0.3, -0.25) is 4.79 Å². The Morgan fingerprint density at radius 1 is 1.22 bits per heavy atom. The molecule has 1 aromatic carbocycles. The summed E-state index contributed by atoms with van der Waals surface area (Å²) in [5.74, 6) is 0.0567. The Kier molecular flexibility index (Phi) is 4.21. The van der Waals surface area contributed by atoms with Crippen molar-refractivity contribution in [2.24, 2.45) is 0 Å². The van der Waals surface area contributed by atoms with E-state index in [1.807, 2.05) is 0 Å². The highest BCUT2D eigenvalue weighted by molar-refractivity contribution is 7.90. The van der Waals surface area contributed by atoms with Gasteiger partial charge in [0.2, 0.25) is 5.89 Å². The molecule has 0 radical (unpaired) electrons. The summed E-state index contributed by atoms with van der Waals surface area (Å²) in [5, 5.41) is 2.95. The highest BCUT2D eigenvalue weighted by Crippen LogP contribution is 2.22. The minimum Gasteiger partial charge on any atom is -0.444 e. The smallest absolute Gasteiger partial charge is 0.273 e. The Balaban J connectivity index is 1.74. The molecule has 0 bridgehead atoms.